The maximum atomic E-state index is 12.5. The molecule has 3 N–H and O–H groups in total. The van der Waals surface area contributed by atoms with E-state index in [1.165, 1.54) is 26.0 Å². The molecule has 4 heterocycles. The van der Waals surface area contributed by atoms with Crippen LogP contribution in [0, 0.1) is 12.1 Å². The van der Waals surface area contributed by atoms with Gasteiger partial charge in [0.1, 0.15) is 11.5 Å². The van der Waals surface area contributed by atoms with Crippen molar-refractivity contribution in [3.05, 3.63) is 271 Å². The summed E-state index contributed by atoms with van der Waals surface area (Å²) in [5.74, 6) is 0.323. The largest absolute Gasteiger partial charge is 0.512 e. The first-order chi connectivity index (χ1) is 41.0. The van der Waals surface area contributed by atoms with Crippen molar-refractivity contribution >= 4 is 33.7 Å². The molecule has 9 nitrogen and oxygen atoms in total. The number of ketones is 1. The Balaban J connectivity index is 0.000000233. The molecule has 0 saturated carbocycles. The van der Waals surface area contributed by atoms with Gasteiger partial charge in [-0.1, -0.05) is 139 Å². The first-order valence-electron chi connectivity index (χ1n) is 27.8. The van der Waals surface area contributed by atoms with Crippen molar-refractivity contribution in [3.8, 4) is 67.9 Å². The van der Waals surface area contributed by atoms with Gasteiger partial charge in [0.15, 0.2) is 5.78 Å². The van der Waals surface area contributed by atoms with Gasteiger partial charge in [-0.25, -0.2) is 9.97 Å². The van der Waals surface area contributed by atoms with Gasteiger partial charge in [-0.15, -0.1) is 65.7 Å². The van der Waals surface area contributed by atoms with E-state index in [4.69, 9.17) is 15.1 Å². The summed E-state index contributed by atoms with van der Waals surface area (Å²) in [5.41, 5.74) is 12.6. The zero-order valence-corrected chi connectivity index (χ0v) is 57.2. The van der Waals surface area contributed by atoms with E-state index >= 15 is 0 Å². The Bertz CT molecular complexity index is 3960. The van der Waals surface area contributed by atoms with Crippen LogP contribution in [0.3, 0.4) is 0 Å². The molecule has 89 heavy (non-hydrogen) atoms. The fourth-order valence-electron chi connectivity index (χ4n) is 8.98. The average Bonchev–Trinajstić information content (AvgIpc) is 2.75. The van der Waals surface area contributed by atoms with Gasteiger partial charge in [0.2, 0.25) is 0 Å². The van der Waals surface area contributed by atoms with Crippen molar-refractivity contribution in [1.82, 2.24) is 19.9 Å². The number of anilines is 3. The number of halogens is 3. The number of aliphatic hydroxyl groups excluding tert-OH is 1. The van der Waals surface area contributed by atoms with E-state index in [9.17, 15) is 28.2 Å². The molecule has 462 valence electrons. The molecule has 15 heteroatoms. The summed E-state index contributed by atoms with van der Waals surface area (Å²) in [4.78, 5) is 31.1. The molecule has 0 amide bonds. The molecule has 0 unspecified atom stereocenters. The molecule has 0 aliphatic heterocycles. The number of hydrogen-bond donors (Lipinski definition) is 3. The van der Waals surface area contributed by atoms with Gasteiger partial charge in [0.25, 0.3) is 0 Å². The summed E-state index contributed by atoms with van der Waals surface area (Å²) < 4.78 is 37.5. The first-order valence-corrected chi connectivity index (χ1v) is 27.8. The second-order valence-corrected chi connectivity index (χ2v) is 22.2. The molecule has 11 rings (SSSR count). The standard InChI is InChI=1S/C30H32N2O2.C23H17N2.C16H9F3N.C5H8O2.2Ir.Pt/c1-29(2,3)19-15-23(21-11-7-9-13-27(21)33)31-25(17-19)26-18-20(30(4,5)6)16-24(32-26)22-12-8-10-14-28(22)34;1-4-10-19(11-5-1)23-18-22(16-17-24-23)25(20-12-6-2-7-13-20)21-14-8-3-9-15-21;17-16(18,19)13-8-5-12(6-9-13)15-10-7-11-3-1-2-4-14(11)20-15;1-4(6)3-5(2)7;;;/h7-18,33-34H,1-6H3;1-10,12-18H;1-5,7-10H;3,6H,1-2H3;;;/q;2*-1;;;;. The van der Waals surface area contributed by atoms with E-state index in [1.807, 2.05) is 115 Å². The normalized spacial score (nSPS) is 11.1. The van der Waals surface area contributed by atoms with Crippen LogP contribution in [0.15, 0.2) is 242 Å². The van der Waals surface area contributed by atoms with Crippen LogP contribution >= 0.6 is 0 Å². The molecule has 0 bridgehead atoms. The Morgan fingerprint density at radius 2 is 0.966 bits per heavy atom. The number of phenols is 2. The Hall–Kier alpha value is -8.21. The number of hydrogen-bond acceptors (Lipinski definition) is 9. The third-order valence-electron chi connectivity index (χ3n) is 13.4. The number of aromatic hydroxyl groups is 2. The summed E-state index contributed by atoms with van der Waals surface area (Å²) in [5, 5.41) is 30.4. The average molecular weight is 1730 g/mol. The van der Waals surface area contributed by atoms with Crippen LogP contribution in [0.25, 0.3) is 67.3 Å². The predicted octanol–water partition coefficient (Wildman–Crippen LogP) is 19.3. The summed E-state index contributed by atoms with van der Waals surface area (Å²) in [6, 6.07) is 76.0. The Labute approximate surface area is 560 Å². The van der Waals surface area contributed by atoms with Gasteiger partial charge < -0.3 is 25.2 Å². The zero-order valence-electron chi connectivity index (χ0n) is 50.1. The van der Waals surface area contributed by atoms with Crippen LogP contribution in [0.4, 0.5) is 30.2 Å². The van der Waals surface area contributed by atoms with Gasteiger partial charge in [-0.05, 0) is 143 Å². The molecule has 0 atom stereocenters. The molecule has 2 radical (unpaired) electrons. The number of aromatic nitrogens is 4. The third-order valence-corrected chi connectivity index (χ3v) is 13.4. The summed E-state index contributed by atoms with van der Waals surface area (Å²) in [7, 11) is 0. The van der Waals surface area contributed by atoms with Gasteiger partial charge in [-0.2, -0.15) is 13.2 Å². The van der Waals surface area contributed by atoms with Gasteiger partial charge >= 0.3 is 6.18 Å². The number of allylic oxidation sites excluding steroid dienone is 2. The number of rotatable bonds is 9. The van der Waals surface area contributed by atoms with Crippen LogP contribution in [0.1, 0.15) is 72.1 Å². The van der Waals surface area contributed by atoms with Crippen molar-refractivity contribution < 1.29 is 94.6 Å². The fraction of sp³-hybridized carbons (Fsp3) is 0.149. The molecular formula is C74H66F3Ir2N5O4Pt-2. The molecule has 11 aromatic rings. The minimum atomic E-state index is -4.34. The van der Waals surface area contributed by atoms with E-state index in [1.54, 1.807) is 30.3 Å². The second-order valence-electron chi connectivity index (χ2n) is 22.2. The minimum absolute atomic E-state index is 0. The summed E-state index contributed by atoms with van der Waals surface area (Å²) in [6.07, 6.45) is -1.32. The number of carbonyl (C=O) groups is 1. The number of fused-ring (bicyclic) bond motifs is 1. The van der Waals surface area contributed by atoms with E-state index in [0.717, 1.165) is 73.9 Å². The fourth-order valence-corrected chi connectivity index (χ4v) is 8.98. The van der Waals surface area contributed by atoms with Crippen LogP contribution in [-0.2, 0) is 83.1 Å². The van der Waals surface area contributed by atoms with Gasteiger partial charge in [-0.3, -0.25) is 9.78 Å². The third kappa shape index (κ3) is 19.9. The second kappa shape index (κ2) is 32.3. The van der Waals surface area contributed by atoms with Gasteiger partial charge in [0.05, 0.1) is 34.1 Å². The Kier molecular flexibility index (Phi) is 26.0. The number of phenolic OH excluding ortho intramolecular Hbond substituents is 2. The number of benzene rings is 7. The topological polar surface area (TPSA) is 133 Å². The van der Waals surface area contributed by atoms with Gasteiger partial charge in [0, 0.05) is 102 Å². The van der Waals surface area contributed by atoms with Crippen LogP contribution in [0.2, 0.25) is 0 Å². The minimum Gasteiger partial charge on any atom is -0.512 e. The number of alkyl halides is 3. The zero-order chi connectivity index (χ0) is 61.6. The predicted molar refractivity (Wildman–Crippen MR) is 340 cm³/mol. The van der Waals surface area contributed by atoms with E-state index in [0.29, 0.717) is 33.8 Å². The number of nitrogens with zero attached hydrogens (tertiary/aromatic N) is 5. The maximum Gasteiger partial charge on any atom is 0.381 e. The number of aliphatic hydroxyl groups is 1. The maximum absolute atomic E-state index is 12.5. The molecule has 7 aromatic carbocycles. The Morgan fingerprint density at radius 3 is 1.42 bits per heavy atom. The quantitative estimate of drug-likeness (QED) is 0.0734. The van der Waals surface area contributed by atoms with Crippen molar-refractivity contribution in [2.75, 3.05) is 4.90 Å². The molecule has 4 aromatic heterocycles. The smallest absolute Gasteiger partial charge is 0.381 e. The van der Waals surface area contributed by atoms with Crippen molar-refractivity contribution in [3.63, 3.8) is 0 Å². The number of carbonyl (C=O) groups excluding carboxylic acids is 1. The van der Waals surface area contributed by atoms with Crippen molar-refractivity contribution in [1.29, 1.82) is 0 Å². The summed E-state index contributed by atoms with van der Waals surface area (Å²) >= 11 is 0. The van der Waals surface area contributed by atoms with Crippen molar-refractivity contribution in [2.24, 2.45) is 0 Å². The van der Waals surface area contributed by atoms with E-state index in [2.05, 4.69) is 135 Å². The van der Waals surface area contributed by atoms with Crippen LogP contribution in [-0.4, -0.2) is 41.0 Å². The van der Waals surface area contributed by atoms with E-state index in [-0.39, 0.29) is 95.1 Å². The van der Waals surface area contributed by atoms with Crippen LogP contribution < -0.4 is 4.90 Å². The summed E-state index contributed by atoms with van der Waals surface area (Å²) in [6.45, 7) is 15.8. The molecular weight excluding hydrogens is 1660 g/mol. The SMILES string of the molecule is CC(=O)C=C(C)O.CC(C)(C)c1cc(-c2cc(C(C)(C)C)cc(-c3ccccc3O)n2)nc(-c2ccccc2O)c1.FC(F)(F)c1c[c-]c(-c2ccc3ccccc3n2)cc1.[Ir].[Ir].[Pt].[c-]1ccccc1-c1cc(N(c2ccccc2)c2ccccc2)ccn1. The molecule has 0 spiro atoms. The molecule has 0 fully saturated rings. The van der Waals surface area contributed by atoms with E-state index < -0.39 is 11.7 Å². The first kappa shape index (κ1) is 71.5. The number of para-hydroxylation sites is 5. The number of pyridine rings is 4. The van der Waals surface area contributed by atoms with Crippen molar-refractivity contribution in [2.45, 2.75) is 72.4 Å². The van der Waals surface area contributed by atoms with Crippen LogP contribution in [0.5, 0.6) is 11.5 Å². The molecule has 0 aliphatic carbocycles. The molecule has 0 aliphatic rings. The monoisotopic (exact) mass is 1730 g/mol. The Morgan fingerprint density at radius 1 is 0.483 bits per heavy atom. The molecule has 0 saturated heterocycles.